The van der Waals surface area contributed by atoms with Crippen LogP contribution in [0.25, 0.3) is 0 Å². The largest absolute Gasteiger partial charge is 0.497 e. The molecule has 0 radical (unpaired) electrons. The summed E-state index contributed by atoms with van der Waals surface area (Å²) in [7, 11) is 1.62. The van der Waals surface area contributed by atoms with E-state index in [0.717, 1.165) is 11.3 Å². The van der Waals surface area contributed by atoms with Crippen LogP contribution in [0.4, 0.5) is 11.8 Å². The SMILES string of the molecule is COc1ccc(Oc2cnc(N)nc2NC(=O)CC(C)(C)C)c(C(C)C)c1. The molecule has 1 aromatic heterocycles. The average Bonchev–Trinajstić information content (AvgIpc) is 2.55. The molecule has 7 nitrogen and oxygen atoms in total. The van der Waals surface area contributed by atoms with Crippen molar-refractivity contribution in [2.24, 2.45) is 5.41 Å². The Bertz CT molecular complexity index is 813. The van der Waals surface area contributed by atoms with Gasteiger partial charge in [-0.05, 0) is 29.5 Å². The Morgan fingerprint density at radius 3 is 2.56 bits per heavy atom. The molecule has 0 fully saturated rings. The zero-order valence-electron chi connectivity index (χ0n) is 16.8. The van der Waals surface area contributed by atoms with Gasteiger partial charge in [0.25, 0.3) is 0 Å². The van der Waals surface area contributed by atoms with Crippen LogP contribution in [0, 0.1) is 5.41 Å². The summed E-state index contributed by atoms with van der Waals surface area (Å²) in [6.45, 7) is 10.1. The Hall–Kier alpha value is -2.83. The number of carbonyl (C=O) groups is 1. The molecule has 0 aliphatic rings. The molecular weight excluding hydrogens is 344 g/mol. The minimum absolute atomic E-state index is 0.0622. The quantitative estimate of drug-likeness (QED) is 0.782. The molecule has 0 unspecified atom stereocenters. The molecular formula is C20H28N4O3. The Balaban J connectivity index is 2.33. The number of nitrogens with one attached hydrogen (secondary N) is 1. The molecule has 27 heavy (non-hydrogen) atoms. The minimum Gasteiger partial charge on any atom is -0.497 e. The highest BCUT2D eigenvalue weighted by Gasteiger charge is 2.19. The Labute approximate surface area is 160 Å². The summed E-state index contributed by atoms with van der Waals surface area (Å²) < 4.78 is 11.3. The van der Waals surface area contributed by atoms with Gasteiger partial charge in [-0.1, -0.05) is 34.6 Å². The van der Waals surface area contributed by atoms with Crippen LogP contribution in [0.3, 0.4) is 0 Å². The number of aromatic nitrogens is 2. The van der Waals surface area contributed by atoms with Gasteiger partial charge in [0, 0.05) is 12.0 Å². The number of hydrogen-bond acceptors (Lipinski definition) is 6. The van der Waals surface area contributed by atoms with Gasteiger partial charge >= 0.3 is 0 Å². The lowest BCUT2D eigenvalue weighted by molar-refractivity contribution is -0.117. The molecule has 1 heterocycles. The monoisotopic (exact) mass is 372 g/mol. The maximum absolute atomic E-state index is 12.3. The number of hydrogen-bond donors (Lipinski definition) is 2. The lowest BCUT2D eigenvalue weighted by Gasteiger charge is -2.19. The fourth-order valence-electron chi connectivity index (χ4n) is 2.52. The molecule has 0 bridgehead atoms. The Kier molecular flexibility index (Phi) is 6.25. The lowest BCUT2D eigenvalue weighted by Crippen LogP contribution is -2.21. The van der Waals surface area contributed by atoms with Crippen LogP contribution < -0.4 is 20.5 Å². The van der Waals surface area contributed by atoms with E-state index in [-0.39, 0.29) is 29.0 Å². The molecule has 2 aromatic rings. The molecule has 1 aromatic carbocycles. The molecule has 0 saturated heterocycles. The summed E-state index contributed by atoms with van der Waals surface area (Å²) in [4.78, 5) is 20.4. The average molecular weight is 372 g/mol. The molecule has 2 rings (SSSR count). The summed E-state index contributed by atoms with van der Waals surface area (Å²) in [5.74, 6) is 2.09. The number of ether oxygens (including phenoxy) is 2. The number of benzene rings is 1. The van der Waals surface area contributed by atoms with Crippen molar-refractivity contribution in [1.82, 2.24) is 9.97 Å². The van der Waals surface area contributed by atoms with Crippen molar-refractivity contribution < 1.29 is 14.3 Å². The van der Waals surface area contributed by atoms with Crippen molar-refractivity contribution in [1.29, 1.82) is 0 Å². The van der Waals surface area contributed by atoms with Gasteiger partial charge < -0.3 is 20.5 Å². The van der Waals surface area contributed by atoms with E-state index in [9.17, 15) is 4.79 Å². The fourth-order valence-corrected chi connectivity index (χ4v) is 2.52. The molecule has 1 amide bonds. The topological polar surface area (TPSA) is 99.4 Å². The summed E-state index contributed by atoms with van der Waals surface area (Å²) in [5.41, 5.74) is 6.52. The summed E-state index contributed by atoms with van der Waals surface area (Å²) in [6.07, 6.45) is 1.81. The molecule has 146 valence electrons. The first-order valence-electron chi connectivity index (χ1n) is 8.87. The predicted octanol–water partition coefficient (Wildman–Crippen LogP) is 4.36. The smallest absolute Gasteiger partial charge is 0.226 e. The zero-order chi connectivity index (χ0) is 20.2. The summed E-state index contributed by atoms with van der Waals surface area (Å²) in [5, 5.41) is 2.78. The van der Waals surface area contributed by atoms with E-state index in [4.69, 9.17) is 15.2 Å². The van der Waals surface area contributed by atoms with Crippen molar-refractivity contribution in [3.05, 3.63) is 30.0 Å². The number of anilines is 2. The van der Waals surface area contributed by atoms with Gasteiger partial charge in [-0.25, -0.2) is 4.98 Å². The summed E-state index contributed by atoms with van der Waals surface area (Å²) in [6, 6.07) is 5.57. The number of carbonyl (C=O) groups excluding carboxylic acids is 1. The number of amides is 1. The zero-order valence-corrected chi connectivity index (χ0v) is 16.8. The molecule has 0 atom stereocenters. The van der Waals surface area contributed by atoms with E-state index in [2.05, 4.69) is 29.1 Å². The van der Waals surface area contributed by atoms with Gasteiger partial charge in [0.2, 0.25) is 11.9 Å². The highest BCUT2D eigenvalue weighted by molar-refractivity contribution is 5.91. The standard InChI is InChI=1S/C20H28N4O3/c1-12(2)14-9-13(26-6)7-8-15(14)27-16-11-22-19(21)24-18(16)23-17(25)10-20(3,4)5/h7-9,11-12H,10H2,1-6H3,(H3,21,22,23,24,25). The molecule has 0 aliphatic heterocycles. The number of nitrogen functional groups attached to an aromatic ring is 1. The second-order valence-electron chi connectivity index (χ2n) is 7.89. The van der Waals surface area contributed by atoms with Gasteiger partial charge in [0.15, 0.2) is 11.6 Å². The molecule has 0 aliphatic carbocycles. The van der Waals surface area contributed by atoms with E-state index in [1.165, 1.54) is 6.20 Å². The van der Waals surface area contributed by atoms with Crippen LogP contribution in [0.2, 0.25) is 0 Å². The first kappa shape index (κ1) is 20.5. The first-order valence-corrected chi connectivity index (χ1v) is 8.87. The molecule has 3 N–H and O–H groups in total. The third-order valence-electron chi connectivity index (χ3n) is 3.78. The molecule has 0 saturated carbocycles. The van der Waals surface area contributed by atoms with Crippen molar-refractivity contribution in [3.63, 3.8) is 0 Å². The normalized spacial score (nSPS) is 11.4. The lowest BCUT2D eigenvalue weighted by atomic mass is 9.92. The minimum atomic E-state index is -0.163. The molecule has 0 spiro atoms. The van der Waals surface area contributed by atoms with Gasteiger partial charge in [-0.15, -0.1) is 0 Å². The second kappa shape index (κ2) is 8.24. The summed E-state index contributed by atoms with van der Waals surface area (Å²) >= 11 is 0. The van der Waals surface area contributed by atoms with E-state index >= 15 is 0 Å². The number of methoxy groups -OCH3 is 1. The number of rotatable bonds is 6. The molecule has 7 heteroatoms. The van der Waals surface area contributed by atoms with Gasteiger partial charge in [-0.3, -0.25) is 4.79 Å². The van der Waals surface area contributed by atoms with Gasteiger partial charge in [0.1, 0.15) is 11.5 Å². The van der Waals surface area contributed by atoms with Crippen LogP contribution in [-0.2, 0) is 4.79 Å². The fraction of sp³-hybridized carbons (Fsp3) is 0.450. The van der Waals surface area contributed by atoms with E-state index in [1.54, 1.807) is 7.11 Å². The van der Waals surface area contributed by atoms with Crippen LogP contribution in [0.5, 0.6) is 17.2 Å². The Morgan fingerprint density at radius 1 is 1.26 bits per heavy atom. The number of nitrogens with two attached hydrogens (primary N) is 1. The van der Waals surface area contributed by atoms with Crippen molar-refractivity contribution >= 4 is 17.7 Å². The predicted molar refractivity (Wildman–Crippen MR) is 106 cm³/mol. The number of nitrogens with zero attached hydrogens (tertiary/aromatic N) is 2. The van der Waals surface area contributed by atoms with E-state index in [0.29, 0.717) is 17.9 Å². The van der Waals surface area contributed by atoms with Crippen LogP contribution in [0.15, 0.2) is 24.4 Å². The highest BCUT2D eigenvalue weighted by atomic mass is 16.5. The van der Waals surface area contributed by atoms with Crippen molar-refractivity contribution in [3.8, 4) is 17.2 Å². The third kappa shape index (κ3) is 5.84. The maximum atomic E-state index is 12.3. The van der Waals surface area contributed by atoms with Crippen LogP contribution in [0.1, 0.15) is 52.5 Å². The van der Waals surface area contributed by atoms with Crippen molar-refractivity contribution in [2.75, 3.05) is 18.2 Å². The Morgan fingerprint density at radius 2 is 1.96 bits per heavy atom. The second-order valence-corrected chi connectivity index (χ2v) is 7.89. The van der Waals surface area contributed by atoms with Gasteiger partial charge in [0.05, 0.1) is 13.3 Å². The van der Waals surface area contributed by atoms with E-state index in [1.807, 2.05) is 39.0 Å². The van der Waals surface area contributed by atoms with Crippen LogP contribution in [-0.4, -0.2) is 23.0 Å². The van der Waals surface area contributed by atoms with Crippen molar-refractivity contribution in [2.45, 2.75) is 47.0 Å². The van der Waals surface area contributed by atoms with E-state index < -0.39 is 0 Å². The van der Waals surface area contributed by atoms with Crippen LogP contribution >= 0.6 is 0 Å². The maximum Gasteiger partial charge on any atom is 0.226 e. The first-order chi connectivity index (χ1) is 12.6. The van der Waals surface area contributed by atoms with Gasteiger partial charge in [-0.2, -0.15) is 4.98 Å². The third-order valence-corrected chi connectivity index (χ3v) is 3.78. The highest BCUT2D eigenvalue weighted by Crippen LogP contribution is 2.35.